The van der Waals surface area contributed by atoms with Gasteiger partial charge in [0.1, 0.15) is 6.04 Å². The van der Waals surface area contributed by atoms with Crippen molar-refractivity contribution in [3.63, 3.8) is 0 Å². The van der Waals surface area contributed by atoms with E-state index in [2.05, 4.69) is 11.4 Å². The molecule has 0 fully saturated rings. The van der Waals surface area contributed by atoms with Gasteiger partial charge in [-0.3, -0.25) is 9.59 Å². The molecule has 2 rings (SSSR count). The Labute approximate surface area is 169 Å². The molecule has 2 amide bonds. The fraction of sp³-hybridized carbons (Fsp3) is 0.417. The van der Waals surface area contributed by atoms with Crippen LogP contribution < -0.4 is 5.32 Å². The van der Waals surface area contributed by atoms with Gasteiger partial charge >= 0.3 is 0 Å². The largest absolute Gasteiger partial charge is 0.354 e. The Morgan fingerprint density at radius 3 is 2.29 bits per heavy atom. The van der Waals surface area contributed by atoms with E-state index in [0.717, 1.165) is 28.7 Å². The molecule has 4 heteroatoms. The monoisotopic (exact) mass is 380 g/mol. The Hall–Kier alpha value is -2.62. The van der Waals surface area contributed by atoms with Crippen LogP contribution in [0, 0.1) is 13.8 Å². The maximum absolute atomic E-state index is 13.2. The molecule has 0 unspecified atom stereocenters. The molecule has 0 aliphatic carbocycles. The lowest BCUT2D eigenvalue weighted by Gasteiger charge is -2.31. The van der Waals surface area contributed by atoms with Crippen LogP contribution in [0.25, 0.3) is 0 Å². The number of carbonyl (C=O) groups is 2. The normalized spacial score (nSPS) is 11.7. The quantitative estimate of drug-likeness (QED) is 0.709. The van der Waals surface area contributed by atoms with Crippen LogP contribution in [0.1, 0.15) is 48.9 Å². The van der Waals surface area contributed by atoms with Gasteiger partial charge in [-0.1, -0.05) is 73.5 Å². The van der Waals surface area contributed by atoms with Gasteiger partial charge in [0.15, 0.2) is 0 Å². The standard InChI is InChI=1S/C24H32N2O2/c1-5-14-25-24(28)22(6-2)26(17-21-9-7-8-19(4)15-21)23(27)16-20-12-10-18(3)11-13-20/h7-13,15,22H,5-6,14,16-17H2,1-4H3,(H,25,28)/t22-/m0/s1. The van der Waals surface area contributed by atoms with Crippen molar-refractivity contribution in [2.75, 3.05) is 6.54 Å². The molecule has 0 aromatic heterocycles. The molecule has 0 spiro atoms. The zero-order chi connectivity index (χ0) is 20.5. The minimum atomic E-state index is -0.468. The van der Waals surface area contributed by atoms with E-state index in [1.165, 1.54) is 0 Å². The van der Waals surface area contributed by atoms with Gasteiger partial charge in [-0.05, 0) is 37.8 Å². The summed E-state index contributed by atoms with van der Waals surface area (Å²) in [6, 6.07) is 15.6. The van der Waals surface area contributed by atoms with Crippen molar-refractivity contribution in [1.29, 1.82) is 0 Å². The lowest BCUT2D eigenvalue weighted by atomic mass is 10.0. The highest BCUT2D eigenvalue weighted by Gasteiger charge is 2.28. The zero-order valence-corrected chi connectivity index (χ0v) is 17.5. The van der Waals surface area contributed by atoms with Gasteiger partial charge in [0.2, 0.25) is 11.8 Å². The van der Waals surface area contributed by atoms with Crippen molar-refractivity contribution >= 4 is 11.8 Å². The summed E-state index contributed by atoms with van der Waals surface area (Å²) in [7, 11) is 0. The molecule has 1 N–H and O–H groups in total. The smallest absolute Gasteiger partial charge is 0.242 e. The van der Waals surface area contributed by atoms with Crippen LogP contribution in [-0.2, 0) is 22.6 Å². The molecule has 2 aromatic carbocycles. The summed E-state index contributed by atoms with van der Waals surface area (Å²) < 4.78 is 0. The van der Waals surface area contributed by atoms with Crippen LogP contribution >= 0.6 is 0 Å². The van der Waals surface area contributed by atoms with Crippen LogP contribution in [0.5, 0.6) is 0 Å². The summed E-state index contributed by atoms with van der Waals surface area (Å²) in [4.78, 5) is 27.7. The molecular formula is C24H32N2O2. The number of nitrogens with zero attached hydrogens (tertiary/aromatic N) is 1. The highest BCUT2D eigenvalue weighted by molar-refractivity contribution is 5.88. The van der Waals surface area contributed by atoms with E-state index >= 15 is 0 Å². The molecule has 0 radical (unpaired) electrons. The second kappa shape index (κ2) is 10.6. The molecule has 0 bridgehead atoms. The first-order valence-electron chi connectivity index (χ1n) is 10.1. The Morgan fingerprint density at radius 1 is 0.964 bits per heavy atom. The summed E-state index contributed by atoms with van der Waals surface area (Å²) in [5, 5.41) is 2.95. The van der Waals surface area contributed by atoms with E-state index in [1.807, 2.05) is 70.2 Å². The molecule has 0 heterocycles. The van der Waals surface area contributed by atoms with Crippen molar-refractivity contribution in [3.05, 3.63) is 70.8 Å². The molecule has 4 nitrogen and oxygen atoms in total. The van der Waals surface area contributed by atoms with Crippen LogP contribution in [-0.4, -0.2) is 29.3 Å². The average Bonchev–Trinajstić information content (AvgIpc) is 2.68. The molecule has 150 valence electrons. The van der Waals surface area contributed by atoms with E-state index in [1.54, 1.807) is 4.90 Å². The zero-order valence-electron chi connectivity index (χ0n) is 17.5. The van der Waals surface area contributed by atoms with E-state index in [9.17, 15) is 9.59 Å². The van der Waals surface area contributed by atoms with Crippen molar-refractivity contribution in [2.24, 2.45) is 0 Å². The van der Waals surface area contributed by atoms with Crippen molar-refractivity contribution in [3.8, 4) is 0 Å². The van der Waals surface area contributed by atoms with Gasteiger partial charge < -0.3 is 10.2 Å². The molecule has 28 heavy (non-hydrogen) atoms. The van der Waals surface area contributed by atoms with E-state index in [-0.39, 0.29) is 11.8 Å². The van der Waals surface area contributed by atoms with Gasteiger partial charge in [-0.25, -0.2) is 0 Å². The molecule has 2 aromatic rings. The number of aryl methyl sites for hydroxylation is 2. The highest BCUT2D eigenvalue weighted by atomic mass is 16.2. The maximum atomic E-state index is 13.2. The predicted octanol–water partition coefficient (Wildman–Crippen LogP) is 4.18. The van der Waals surface area contributed by atoms with E-state index in [4.69, 9.17) is 0 Å². The maximum Gasteiger partial charge on any atom is 0.242 e. The Balaban J connectivity index is 2.26. The van der Waals surface area contributed by atoms with Crippen molar-refractivity contribution < 1.29 is 9.59 Å². The van der Waals surface area contributed by atoms with Gasteiger partial charge in [0, 0.05) is 13.1 Å². The summed E-state index contributed by atoms with van der Waals surface area (Å²) in [6.45, 7) is 9.10. The average molecular weight is 381 g/mol. The number of hydrogen-bond donors (Lipinski definition) is 1. The fourth-order valence-corrected chi connectivity index (χ4v) is 3.27. The summed E-state index contributed by atoms with van der Waals surface area (Å²) in [5.74, 6) is -0.0990. The number of rotatable bonds is 9. The molecule has 0 aliphatic heterocycles. The molecule has 0 saturated heterocycles. The molecule has 0 saturated carbocycles. The summed E-state index contributed by atoms with van der Waals surface area (Å²) in [6.07, 6.45) is 1.75. The van der Waals surface area contributed by atoms with Gasteiger partial charge in [-0.2, -0.15) is 0 Å². The third-order valence-corrected chi connectivity index (χ3v) is 4.85. The third-order valence-electron chi connectivity index (χ3n) is 4.85. The highest BCUT2D eigenvalue weighted by Crippen LogP contribution is 2.16. The fourth-order valence-electron chi connectivity index (χ4n) is 3.27. The van der Waals surface area contributed by atoms with Crippen LogP contribution in [0.4, 0.5) is 0 Å². The third kappa shape index (κ3) is 6.22. The van der Waals surface area contributed by atoms with E-state index in [0.29, 0.717) is 25.9 Å². The summed E-state index contributed by atoms with van der Waals surface area (Å²) >= 11 is 0. The van der Waals surface area contributed by atoms with Gasteiger partial charge in [0.05, 0.1) is 6.42 Å². The van der Waals surface area contributed by atoms with Crippen LogP contribution in [0.3, 0.4) is 0 Å². The Morgan fingerprint density at radius 2 is 1.68 bits per heavy atom. The lowest BCUT2D eigenvalue weighted by molar-refractivity contribution is -0.140. The number of nitrogens with one attached hydrogen (secondary N) is 1. The van der Waals surface area contributed by atoms with Crippen LogP contribution in [0.2, 0.25) is 0 Å². The second-order valence-electron chi connectivity index (χ2n) is 7.39. The first kappa shape index (κ1) is 21.7. The van der Waals surface area contributed by atoms with Crippen molar-refractivity contribution in [1.82, 2.24) is 10.2 Å². The number of carbonyl (C=O) groups excluding carboxylic acids is 2. The Kier molecular flexibility index (Phi) is 8.24. The van der Waals surface area contributed by atoms with Gasteiger partial charge in [0.25, 0.3) is 0 Å². The number of amides is 2. The number of benzene rings is 2. The number of hydrogen-bond acceptors (Lipinski definition) is 2. The van der Waals surface area contributed by atoms with E-state index < -0.39 is 6.04 Å². The lowest BCUT2D eigenvalue weighted by Crippen LogP contribution is -2.49. The Bertz CT molecular complexity index is 783. The summed E-state index contributed by atoms with van der Waals surface area (Å²) in [5.41, 5.74) is 4.32. The minimum absolute atomic E-state index is 0.0242. The molecule has 0 aliphatic rings. The molecular weight excluding hydrogens is 348 g/mol. The SMILES string of the molecule is CCCNC(=O)[C@H](CC)N(Cc1cccc(C)c1)C(=O)Cc1ccc(C)cc1. The second-order valence-corrected chi connectivity index (χ2v) is 7.39. The molecule has 1 atom stereocenters. The first-order valence-corrected chi connectivity index (χ1v) is 10.1. The topological polar surface area (TPSA) is 49.4 Å². The van der Waals surface area contributed by atoms with Crippen molar-refractivity contribution in [2.45, 2.75) is 59.5 Å². The predicted molar refractivity (Wildman–Crippen MR) is 114 cm³/mol. The minimum Gasteiger partial charge on any atom is -0.354 e. The van der Waals surface area contributed by atoms with Gasteiger partial charge in [-0.15, -0.1) is 0 Å². The van der Waals surface area contributed by atoms with Crippen LogP contribution in [0.15, 0.2) is 48.5 Å². The first-order chi connectivity index (χ1) is 13.4.